The second-order valence-corrected chi connectivity index (χ2v) is 5.93. The lowest BCUT2D eigenvalue weighted by Gasteiger charge is -2.31. The van der Waals surface area contributed by atoms with E-state index in [9.17, 15) is 31.9 Å². The summed E-state index contributed by atoms with van der Waals surface area (Å²) in [5, 5.41) is 9.29. The zero-order chi connectivity index (χ0) is 19.2. The molecular weight excluding hydrogens is 353 g/mol. The Bertz CT molecular complexity index is 666. The third-order valence-electron chi connectivity index (χ3n) is 4.60. The summed E-state index contributed by atoms with van der Waals surface area (Å²) in [7, 11) is 1.11. The summed E-state index contributed by atoms with van der Waals surface area (Å²) in [6.07, 6.45) is -9.55. The zero-order valence-electron chi connectivity index (χ0n) is 13.5. The van der Waals surface area contributed by atoms with Gasteiger partial charge in [-0.25, -0.2) is 18.6 Å². The van der Waals surface area contributed by atoms with Gasteiger partial charge < -0.3 is 14.6 Å². The lowest BCUT2D eigenvalue weighted by atomic mass is 9.77. The summed E-state index contributed by atoms with van der Waals surface area (Å²) < 4.78 is 75.5. The Hall–Kier alpha value is -1.97. The Morgan fingerprint density at radius 3 is 2.44 bits per heavy atom. The molecule has 0 bridgehead atoms. The summed E-state index contributed by atoms with van der Waals surface area (Å²) in [4.78, 5) is 15.0. The molecule has 1 aliphatic heterocycles. The van der Waals surface area contributed by atoms with Gasteiger partial charge in [-0.2, -0.15) is 13.2 Å². The van der Waals surface area contributed by atoms with E-state index in [-0.39, 0.29) is 11.4 Å². The number of aromatic nitrogens is 1. The minimum Gasteiger partial charge on any atom is -0.481 e. The number of carbonyl (C=O) groups is 1. The molecule has 2 unspecified atom stereocenters. The summed E-state index contributed by atoms with van der Waals surface area (Å²) in [6.45, 7) is 1.96. The van der Waals surface area contributed by atoms with Crippen molar-refractivity contribution in [3.05, 3.63) is 23.4 Å². The maximum absolute atomic E-state index is 13.4. The van der Waals surface area contributed by atoms with E-state index in [0.717, 1.165) is 26.2 Å². The smallest absolute Gasteiger partial charge is 0.417 e. The van der Waals surface area contributed by atoms with Crippen LogP contribution in [0.15, 0.2) is 12.1 Å². The maximum atomic E-state index is 13.4. The van der Waals surface area contributed by atoms with E-state index in [1.807, 2.05) is 0 Å². The Morgan fingerprint density at radius 1 is 1.40 bits per heavy atom. The van der Waals surface area contributed by atoms with Crippen molar-refractivity contribution < 1.29 is 41.3 Å². The minimum atomic E-state index is -4.82. The van der Waals surface area contributed by atoms with Crippen LogP contribution in [-0.4, -0.2) is 41.1 Å². The molecule has 0 aromatic carbocycles. The molecule has 25 heavy (non-hydrogen) atoms. The second kappa shape index (κ2) is 6.40. The molecule has 5 nitrogen and oxygen atoms in total. The third kappa shape index (κ3) is 3.14. The lowest BCUT2D eigenvalue weighted by Crippen LogP contribution is -2.47. The summed E-state index contributed by atoms with van der Waals surface area (Å²) in [5.74, 6) is -4.54. The van der Waals surface area contributed by atoms with Crippen LogP contribution in [0.5, 0.6) is 5.88 Å². The van der Waals surface area contributed by atoms with Gasteiger partial charge in [-0.1, -0.05) is 13.0 Å². The van der Waals surface area contributed by atoms with Gasteiger partial charge in [0.25, 0.3) is 6.43 Å². The molecule has 0 saturated carbocycles. The molecule has 1 aromatic heterocycles. The van der Waals surface area contributed by atoms with Gasteiger partial charge in [0.15, 0.2) is 11.7 Å². The SMILES string of the molecule is COc1nc(C(F)F)ccc1C1[C@@H](C(=O)O)OC(C)(C(F)(F)F)[C@H]1C. The van der Waals surface area contributed by atoms with E-state index in [0.29, 0.717) is 0 Å². The van der Waals surface area contributed by atoms with E-state index in [4.69, 9.17) is 9.47 Å². The van der Waals surface area contributed by atoms with Gasteiger partial charge in [0.1, 0.15) is 5.69 Å². The number of hydrogen-bond donors (Lipinski definition) is 1. The number of methoxy groups -OCH3 is 1. The van der Waals surface area contributed by atoms with Crippen LogP contribution in [0.4, 0.5) is 22.0 Å². The van der Waals surface area contributed by atoms with Crippen molar-refractivity contribution in [3.63, 3.8) is 0 Å². The highest BCUT2D eigenvalue weighted by molar-refractivity contribution is 5.75. The van der Waals surface area contributed by atoms with Crippen molar-refractivity contribution in [1.29, 1.82) is 0 Å². The van der Waals surface area contributed by atoms with Gasteiger partial charge >= 0.3 is 12.1 Å². The Balaban J connectivity index is 2.57. The van der Waals surface area contributed by atoms with Crippen molar-refractivity contribution in [2.75, 3.05) is 7.11 Å². The number of ether oxygens (including phenoxy) is 2. The van der Waals surface area contributed by atoms with E-state index in [1.54, 1.807) is 0 Å². The molecule has 2 heterocycles. The average molecular weight is 369 g/mol. The van der Waals surface area contributed by atoms with Gasteiger partial charge in [-0.15, -0.1) is 0 Å². The van der Waals surface area contributed by atoms with Crippen LogP contribution in [-0.2, 0) is 9.53 Å². The predicted octanol–water partition coefficient (Wildman–Crippen LogP) is 3.55. The first-order chi connectivity index (χ1) is 11.4. The molecule has 0 radical (unpaired) electrons. The number of alkyl halides is 5. The summed E-state index contributed by atoms with van der Waals surface area (Å²) in [5.41, 5.74) is -3.37. The van der Waals surface area contributed by atoms with E-state index in [2.05, 4.69) is 4.98 Å². The molecule has 0 aliphatic carbocycles. The number of aliphatic carboxylic acids is 1. The molecule has 0 spiro atoms. The van der Waals surface area contributed by atoms with Crippen molar-refractivity contribution in [2.45, 2.75) is 44.1 Å². The third-order valence-corrected chi connectivity index (χ3v) is 4.60. The number of hydrogen-bond acceptors (Lipinski definition) is 4. The van der Waals surface area contributed by atoms with E-state index < -0.39 is 47.8 Å². The quantitative estimate of drug-likeness (QED) is 0.822. The molecule has 1 aliphatic rings. The first-order valence-electron chi connectivity index (χ1n) is 7.24. The molecule has 1 fully saturated rings. The standard InChI is InChI=1S/C15H16F5NO4/c1-6-9(7-4-5-8(11(16)17)21-12(7)24-3)10(13(22)23)25-14(6,2)15(18,19)20/h4-6,9-11H,1-3H3,(H,22,23)/t6-,9?,10-,14?/m0/s1. The summed E-state index contributed by atoms with van der Waals surface area (Å²) >= 11 is 0. The largest absolute Gasteiger partial charge is 0.481 e. The molecule has 10 heteroatoms. The van der Waals surface area contributed by atoms with E-state index in [1.165, 1.54) is 6.92 Å². The van der Waals surface area contributed by atoms with E-state index >= 15 is 0 Å². The zero-order valence-corrected chi connectivity index (χ0v) is 13.5. The topological polar surface area (TPSA) is 68.7 Å². The average Bonchev–Trinajstić information content (AvgIpc) is 2.79. The van der Waals surface area contributed by atoms with Crippen LogP contribution in [0.1, 0.15) is 37.4 Å². The Kier molecular flexibility index (Phi) is 4.95. The van der Waals surface area contributed by atoms with Gasteiger partial charge in [-0.05, 0) is 13.0 Å². The minimum absolute atomic E-state index is 0.0280. The van der Waals surface area contributed by atoms with Crippen molar-refractivity contribution in [2.24, 2.45) is 5.92 Å². The molecule has 4 atom stereocenters. The molecule has 2 rings (SSSR count). The number of rotatable bonds is 4. The predicted molar refractivity (Wildman–Crippen MR) is 74.6 cm³/mol. The van der Waals surface area contributed by atoms with Crippen molar-refractivity contribution in [3.8, 4) is 5.88 Å². The number of nitrogens with zero attached hydrogens (tertiary/aromatic N) is 1. The van der Waals surface area contributed by atoms with Gasteiger partial charge in [0.2, 0.25) is 5.88 Å². The fourth-order valence-corrected chi connectivity index (χ4v) is 3.01. The number of carboxylic acid groups (broad SMARTS) is 1. The van der Waals surface area contributed by atoms with Gasteiger partial charge in [0, 0.05) is 17.4 Å². The molecular formula is C15H16F5NO4. The molecule has 140 valence electrons. The number of halogens is 5. The van der Waals surface area contributed by atoms with Crippen LogP contribution < -0.4 is 4.74 Å². The summed E-state index contributed by atoms with van der Waals surface area (Å²) in [6, 6.07) is 2.04. The maximum Gasteiger partial charge on any atom is 0.417 e. The fourth-order valence-electron chi connectivity index (χ4n) is 3.01. The lowest BCUT2D eigenvalue weighted by molar-refractivity contribution is -0.273. The van der Waals surface area contributed by atoms with Crippen molar-refractivity contribution >= 4 is 5.97 Å². The fraction of sp³-hybridized carbons (Fsp3) is 0.600. The Labute approximate surface area is 139 Å². The molecule has 1 saturated heterocycles. The van der Waals surface area contributed by atoms with Crippen LogP contribution in [0, 0.1) is 5.92 Å². The second-order valence-electron chi connectivity index (χ2n) is 5.93. The number of carboxylic acids is 1. The van der Waals surface area contributed by atoms with Crippen LogP contribution >= 0.6 is 0 Å². The van der Waals surface area contributed by atoms with Crippen LogP contribution in [0.2, 0.25) is 0 Å². The van der Waals surface area contributed by atoms with Gasteiger partial charge in [0.05, 0.1) is 7.11 Å². The van der Waals surface area contributed by atoms with Crippen molar-refractivity contribution in [1.82, 2.24) is 4.98 Å². The highest BCUT2D eigenvalue weighted by Crippen LogP contribution is 2.54. The molecule has 1 aromatic rings. The Morgan fingerprint density at radius 2 is 2.00 bits per heavy atom. The van der Waals surface area contributed by atoms with Crippen LogP contribution in [0.25, 0.3) is 0 Å². The highest BCUT2D eigenvalue weighted by Gasteiger charge is 2.66. The molecule has 0 amide bonds. The highest BCUT2D eigenvalue weighted by atomic mass is 19.4. The first kappa shape index (κ1) is 19.4. The molecule has 1 N–H and O–H groups in total. The normalized spacial score (nSPS) is 29.9. The van der Waals surface area contributed by atoms with Crippen LogP contribution in [0.3, 0.4) is 0 Å². The van der Waals surface area contributed by atoms with Gasteiger partial charge in [-0.3, -0.25) is 0 Å². The monoisotopic (exact) mass is 369 g/mol. The first-order valence-corrected chi connectivity index (χ1v) is 7.24. The number of pyridine rings is 1.